The summed E-state index contributed by atoms with van der Waals surface area (Å²) in [4.78, 5) is 12.3. The lowest BCUT2D eigenvalue weighted by Gasteiger charge is -2.04. The van der Waals surface area contributed by atoms with Gasteiger partial charge in [0.25, 0.3) is 5.91 Å². The monoisotopic (exact) mass is 322 g/mol. The van der Waals surface area contributed by atoms with E-state index in [0.717, 1.165) is 16.9 Å². The van der Waals surface area contributed by atoms with Crippen molar-refractivity contribution >= 4 is 11.8 Å². The number of carbonyl (C=O) groups excluding carboxylic acids is 1. The Balaban J connectivity index is 1.72. The van der Waals surface area contributed by atoms with Gasteiger partial charge in [-0.3, -0.25) is 10.1 Å². The Morgan fingerprint density at radius 2 is 1.92 bits per heavy atom. The van der Waals surface area contributed by atoms with E-state index < -0.39 is 0 Å². The van der Waals surface area contributed by atoms with Gasteiger partial charge in [0.05, 0.1) is 6.61 Å². The van der Waals surface area contributed by atoms with E-state index in [0.29, 0.717) is 23.7 Å². The van der Waals surface area contributed by atoms with Gasteiger partial charge in [0, 0.05) is 17.2 Å². The highest BCUT2D eigenvalue weighted by molar-refractivity contribution is 6.03. The minimum absolute atomic E-state index is 0.259. The van der Waals surface area contributed by atoms with Crippen molar-refractivity contribution in [2.75, 3.05) is 11.9 Å². The molecule has 0 saturated heterocycles. The average molecular weight is 322 g/mol. The van der Waals surface area contributed by atoms with Crippen LogP contribution in [0.4, 0.5) is 5.88 Å². The summed E-state index contributed by atoms with van der Waals surface area (Å²) in [6.07, 6.45) is 0. The number of nitrogens with one attached hydrogen (secondary N) is 1. The number of aromatic nitrogens is 1. The largest absolute Gasteiger partial charge is 0.494 e. The van der Waals surface area contributed by atoms with Crippen LogP contribution in [-0.2, 0) is 0 Å². The van der Waals surface area contributed by atoms with E-state index in [9.17, 15) is 4.79 Å². The SMILES string of the molecule is CCOc1ccc(C(=O)Nc2cc(-c3ccccc3C)no2)cc1. The molecule has 0 bridgehead atoms. The summed E-state index contributed by atoms with van der Waals surface area (Å²) in [6, 6.07) is 16.5. The molecular formula is C19H18N2O3. The van der Waals surface area contributed by atoms with Crippen molar-refractivity contribution in [2.24, 2.45) is 0 Å². The molecule has 0 spiro atoms. The molecule has 3 rings (SSSR count). The van der Waals surface area contributed by atoms with Crippen LogP contribution in [0.2, 0.25) is 0 Å². The van der Waals surface area contributed by atoms with Crippen LogP contribution >= 0.6 is 0 Å². The molecule has 5 nitrogen and oxygen atoms in total. The molecule has 1 N–H and O–H groups in total. The zero-order valence-corrected chi connectivity index (χ0v) is 13.6. The Bertz CT molecular complexity index is 838. The van der Waals surface area contributed by atoms with Gasteiger partial charge >= 0.3 is 0 Å². The molecule has 1 aromatic heterocycles. The molecule has 0 fully saturated rings. The van der Waals surface area contributed by atoms with E-state index in [1.807, 2.05) is 38.1 Å². The molecule has 122 valence electrons. The summed E-state index contributed by atoms with van der Waals surface area (Å²) in [5.41, 5.74) is 3.28. The summed E-state index contributed by atoms with van der Waals surface area (Å²) in [5, 5.41) is 6.73. The van der Waals surface area contributed by atoms with Gasteiger partial charge in [-0.15, -0.1) is 0 Å². The number of hydrogen-bond donors (Lipinski definition) is 1. The third-order valence-electron chi connectivity index (χ3n) is 3.60. The van der Waals surface area contributed by atoms with Gasteiger partial charge in [0.2, 0.25) is 5.88 Å². The zero-order chi connectivity index (χ0) is 16.9. The van der Waals surface area contributed by atoms with E-state index >= 15 is 0 Å². The minimum atomic E-state index is -0.259. The number of rotatable bonds is 5. The third kappa shape index (κ3) is 3.46. The normalized spacial score (nSPS) is 10.4. The lowest BCUT2D eigenvalue weighted by molar-refractivity contribution is 0.102. The second-order valence-electron chi connectivity index (χ2n) is 5.30. The van der Waals surface area contributed by atoms with Gasteiger partial charge < -0.3 is 9.26 Å². The fourth-order valence-electron chi connectivity index (χ4n) is 2.37. The summed E-state index contributed by atoms with van der Waals surface area (Å²) in [7, 11) is 0. The maximum Gasteiger partial charge on any atom is 0.258 e. The van der Waals surface area contributed by atoms with Gasteiger partial charge in [0.1, 0.15) is 11.4 Å². The standard InChI is InChI=1S/C19H18N2O3/c1-3-23-15-10-8-14(9-11-15)19(22)20-18-12-17(21-24-18)16-7-5-4-6-13(16)2/h4-12H,3H2,1-2H3,(H,20,22). The van der Waals surface area contributed by atoms with Crippen molar-refractivity contribution < 1.29 is 14.1 Å². The summed E-state index contributed by atoms with van der Waals surface area (Å²) < 4.78 is 10.6. The van der Waals surface area contributed by atoms with Gasteiger partial charge in [0.15, 0.2) is 0 Å². The van der Waals surface area contributed by atoms with Crippen molar-refractivity contribution in [3.05, 3.63) is 65.7 Å². The molecule has 3 aromatic rings. The molecule has 1 heterocycles. The Morgan fingerprint density at radius 1 is 1.17 bits per heavy atom. The van der Waals surface area contributed by atoms with Crippen LogP contribution in [-0.4, -0.2) is 17.7 Å². The summed E-state index contributed by atoms with van der Waals surface area (Å²) in [5.74, 6) is 0.785. The molecule has 0 atom stereocenters. The second-order valence-corrected chi connectivity index (χ2v) is 5.30. The molecule has 0 unspecified atom stereocenters. The van der Waals surface area contributed by atoms with Crippen LogP contribution in [0.3, 0.4) is 0 Å². The molecule has 24 heavy (non-hydrogen) atoms. The molecule has 0 saturated carbocycles. The van der Waals surface area contributed by atoms with E-state index in [2.05, 4.69) is 10.5 Å². The van der Waals surface area contributed by atoms with E-state index in [4.69, 9.17) is 9.26 Å². The predicted molar refractivity (Wildman–Crippen MR) is 92.2 cm³/mol. The number of hydrogen-bond acceptors (Lipinski definition) is 4. The van der Waals surface area contributed by atoms with E-state index in [1.165, 1.54) is 0 Å². The molecule has 0 radical (unpaired) electrons. The first-order valence-electron chi connectivity index (χ1n) is 7.74. The lowest BCUT2D eigenvalue weighted by Crippen LogP contribution is -2.11. The minimum Gasteiger partial charge on any atom is -0.494 e. The second kappa shape index (κ2) is 7.00. The van der Waals surface area contributed by atoms with Crippen molar-refractivity contribution in [1.29, 1.82) is 0 Å². The Morgan fingerprint density at radius 3 is 2.62 bits per heavy atom. The topological polar surface area (TPSA) is 64.4 Å². The zero-order valence-electron chi connectivity index (χ0n) is 13.6. The van der Waals surface area contributed by atoms with Gasteiger partial charge in [-0.05, 0) is 43.7 Å². The highest BCUT2D eigenvalue weighted by Gasteiger charge is 2.12. The summed E-state index contributed by atoms with van der Waals surface area (Å²) >= 11 is 0. The number of anilines is 1. The molecule has 5 heteroatoms. The van der Waals surface area contributed by atoms with Crippen molar-refractivity contribution in [3.8, 4) is 17.0 Å². The fourth-order valence-corrected chi connectivity index (χ4v) is 2.37. The van der Waals surface area contributed by atoms with Gasteiger partial charge in [-0.25, -0.2) is 0 Å². The number of nitrogens with zero attached hydrogens (tertiary/aromatic N) is 1. The quantitative estimate of drug-likeness (QED) is 0.760. The first kappa shape index (κ1) is 15.8. The van der Waals surface area contributed by atoms with Crippen molar-refractivity contribution in [2.45, 2.75) is 13.8 Å². The van der Waals surface area contributed by atoms with Crippen LogP contribution in [0.15, 0.2) is 59.1 Å². The number of carbonyl (C=O) groups is 1. The first-order valence-corrected chi connectivity index (χ1v) is 7.74. The number of aryl methyl sites for hydroxylation is 1. The molecule has 2 aromatic carbocycles. The van der Waals surface area contributed by atoms with Gasteiger partial charge in [-0.1, -0.05) is 29.4 Å². The Kier molecular flexibility index (Phi) is 4.61. The third-order valence-corrected chi connectivity index (χ3v) is 3.60. The Hall–Kier alpha value is -3.08. The Labute approximate surface area is 140 Å². The van der Waals surface area contributed by atoms with Crippen molar-refractivity contribution in [3.63, 3.8) is 0 Å². The molecule has 0 aliphatic rings. The highest BCUT2D eigenvalue weighted by atomic mass is 16.5. The van der Waals surface area contributed by atoms with Crippen LogP contribution in [0, 0.1) is 6.92 Å². The highest BCUT2D eigenvalue weighted by Crippen LogP contribution is 2.25. The molecule has 0 aliphatic carbocycles. The van der Waals surface area contributed by atoms with Crippen LogP contribution < -0.4 is 10.1 Å². The van der Waals surface area contributed by atoms with E-state index in [1.54, 1.807) is 30.3 Å². The summed E-state index contributed by atoms with van der Waals surface area (Å²) in [6.45, 7) is 4.50. The maximum absolute atomic E-state index is 12.3. The molecule has 0 aliphatic heterocycles. The van der Waals surface area contributed by atoms with E-state index in [-0.39, 0.29) is 5.91 Å². The number of amides is 1. The van der Waals surface area contributed by atoms with Crippen LogP contribution in [0.1, 0.15) is 22.8 Å². The average Bonchev–Trinajstić information content (AvgIpc) is 3.04. The lowest BCUT2D eigenvalue weighted by atomic mass is 10.1. The maximum atomic E-state index is 12.3. The first-order chi connectivity index (χ1) is 11.7. The van der Waals surface area contributed by atoms with Crippen LogP contribution in [0.5, 0.6) is 5.75 Å². The molecular weight excluding hydrogens is 304 g/mol. The molecule has 1 amide bonds. The number of ether oxygens (including phenoxy) is 1. The van der Waals surface area contributed by atoms with Gasteiger partial charge in [-0.2, -0.15) is 0 Å². The number of benzene rings is 2. The van der Waals surface area contributed by atoms with Crippen molar-refractivity contribution in [1.82, 2.24) is 5.16 Å². The fraction of sp³-hybridized carbons (Fsp3) is 0.158. The van der Waals surface area contributed by atoms with Crippen LogP contribution in [0.25, 0.3) is 11.3 Å². The predicted octanol–water partition coefficient (Wildman–Crippen LogP) is 4.30. The smallest absolute Gasteiger partial charge is 0.258 e.